The summed E-state index contributed by atoms with van der Waals surface area (Å²) >= 11 is 3.68. The maximum absolute atomic E-state index is 4.42. The van der Waals surface area contributed by atoms with Gasteiger partial charge in [-0.25, -0.2) is 4.98 Å². The van der Waals surface area contributed by atoms with Gasteiger partial charge in [-0.2, -0.15) is 0 Å². The van der Waals surface area contributed by atoms with Crippen LogP contribution in [0.15, 0.2) is 23.0 Å². The van der Waals surface area contributed by atoms with Crippen LogP contribution in [0.5, 0.6) is 0 Å². The topological polar surface area (TPSA) is 22.6 Å². The molecule has 0 aliphatic carbocycles. The van der Waals surface area contributed by atoms with Gasteiger partial charge in [-0.3, -0.25) is 9.80 Å². The molecule has 0 N–H and O–H groups in total. The Kier molecular flexibility index (Phi) is 4.94. The highest BCUT2D eigenvalue weighted by molar-refractivity contribution is 7.13. The number of rotatable bonds is 5. The summed E-state index contributed by atoms with van der Waals surface area (Å²) in [7, 11) is 0. The molecule has 0 saturated carbocycles. The molecule has 23 heavy (non-hydrogen) atoms. The fraction of sp³-hybridized carbons (Fsp3) is 0.588. The number of nitrogens with zero attached hydrogens (tertiary/aromatic N) is 4. The fourth-order valence-electron chi connectivity index (χ4n) is 3.48. The van der Waals surface area contributed by atoms with Crippen LogP contribution in [0.2, 0.25) is 0 Å². The number of piperazine rings is 1. The van der Waals surface area contributed by atoms with Gasteiger partial charge in [-0.1, -0.05) is 0 Å². The monoisotopic (exact) mass is 348 g/mol. The zero-order chi connectivity index (χ0) is 15.5. The second-order valence-corrected chi connectivity index (χ2v) is 8.35. The molecule has 0 amide bonds. The molecule has 6 heteroatoms. The average Bonchev–Trinajstić information content (AvgIpc) is 3.31. The van der Waals surface area contributed by atoms with Crippen LogP contribution in [0.3, 0.4) is 0 Å². The number of thiophene rings is 1. The van der Waals surface area contributed by atoms with Crippen molar-refractivity contribution in [3.8, 4) is 0 Å². The minimum atomic E-state index is 1.10. The van der Waals surface area contributed by atoms with Crippen molar-refractivity contribution in [3.05, 3.63) is 33.5 Å². The Morgan fingerprint density at radius 3 is 2.43 bits per heavy atom. The van der Waals surface area contributed by atoms with Crippen molar-refractivity contribution in [1.82, 2.24) is 14.8 Å². The lowest BCUT2D eigenvalue weighted by Crippen LogP contribution is -2.45. The summed E-state index contributed by atoms with van der Waals surface area (Å²) in [5, 5.41) is 5.60. The maximum Gasteiger partial charge on any atom is 0.185 e. The number of likely N-dealkylation sites (tertiary alicyclic amines) is 1. The molecule has 0 atom stereocenters. The molecule has 4 heterocycles. The van der Waals surface area contributed by atoms with Crippen molar-refractivity contribution in [3.63, 3.8) is 0 Å². The second-order valence-electron chi connectivity index (χ2n) is 6.48. The zero-order valence-electron chi connectivity index (χ0n) is 13.5. The van der Waals surface area contributed by atoms with Crippen LogP contribution in [0.4, 0.5) is 5.13 Å². The van der Waals surface area contributed by atoms with E-state index in [0.717, 1.165) is 39.3 Å². The number of hydrogen-bond acceptors (Lipinski definition) is 6. The highest BCUT2D eigenvalue weighted by atomic mass is 32.1. The molecule has 124 valence electrons. The average molecular weight is 349 g/mol. The molecule has 0 spiro atoms. The Balaban J connectivity index is 1.27. The molecule has 2 aliphatic rings. The van der Waals surface area contributed by atoms with Crippen LogP contribution in [-0.2, 0) is 13.1 Å². The molecule has 0 radical (unpaired) electrons. The van der Waals surface area contributed by atoms with Crippen LogP contribution in [0.25, 0.3) is 0 Å². The first kappa shape index (κ1) is 15.6. The van der Waals surface area contributed by atoms with E-state index in [1.54, 1.807) is 11.3 Å². The molecule has 2 aliphatic heterocycles. The van der Waals surface area contributed by atoms with Gasteiger partial charge in [-0.05, 0) is 42.9 Å². The van der Waals surface area contributed by atoms with Crippen molar-refractivity contribution in [1.29, 1.82) is 0 Å². The Morgan fingerprint density at radius 2 is 1.70 bits per heavy atom. The van der Waals surface area contributed by atoms with Crippen molar-refractivity contribution in [2.45, 2.75) is 25.9 Å². The minimum Gasteiger partial charge on any atom is -0.346 e. The van der Waals surface area contributed by atoms with Gasteiger partial charge >= 0.3 is 0 Å². The molecule has 2 saturated heterocycles. The Bertz CT molecular complexity index is 596. The predicted octanol–water partition coefficient (Wildman–Crippen LogP) is 3.12. The van der Waals surface area contributed by atoms with Gasteiger partial charge in [0.15, 0.2) is 5.13 Å². The van der Waals surface area contributed by atoms with Crippen LogP contribution < -0.4 is 4.90 Å². The number of hydrogen-bond donors (Lipinski definition) is 0. The van der Waals surface area contributed by atoms with Crippen LogP contribution in [-0.4, -0.2) is 54.1 Å². The fourth-order valence-corrected chi connectivity index (χ4v) is 5.10. The van der Waals surface area contributed by atoms with Crippen LogP contribution in [0, 0.1) is 0 Å². The molecule has 0 aromatic carbocycles. The number of anilines is 1. The first-order chi connectivity index (χ1) is 11.4. The van der Waals surface area contributed by atoms with E-state index in [1.807, 2.05) is 17.5 Å². The van der Waals surface area contributed by atoms with Crippen molar-refractivity contribution < 1.29 is 0 Å². The van der Waals surface area contributed by atoms with E-state index in [1.165, 1.54) is 41.5 Å². The molecule has 2 aromatic rings. The first-order valence-corrected chi connectivity index (χ1v) is 10.3. The highest BCUT2D eigenvalue weighted by Gasteiger charge is 2.19. The molecule has 0 bridgehead atoms. The minimum absolute atomic E-state index is 1.10. The van der Waals surface area contributed by atoms with Gasteiger partial charge in [0.05, 0.1) is 0 Å². The molecular weight excluding hydrogens is 324 g/mol. The van der Waals surface area contributed by atoms with E-state index in [9.17, 15) is 0 Å². The van der Waals surface area contributed by atoms with E-state index in [-0.39, 0.29) is 0 Å². The first-order valence-electron chi connectivity index (χ1n) is 8.52. The Labute approximate surface area is 146 Å². The van der Waals surface area contributed by atoms with E-state index in [0.29, 0.717) is 0 Å². The summed E-state index contributed by atoms with van der Waals surface area (Å²) < 4.78 is 0. The van der Waals surface area contributed by atoms with Crippen LogP contribution in [0.1, 0.15) is 23.3 Å². The molecule has 4 nitrogen and oxygen atoms in total. The number of aromatic nitrogens is 1. The summed E-state index contributed by atoms with van der Waals surface area (Å²) in [6, 6.07) is 2.43. The summed E-state index contributed by atoms with van der Waals surface area (Å²) in [6.45, 7) is 9.29. The lowest BCUT2D eigenvalue weighted by molar-refractivity contribution is 0.252. The molecule has 2 fully saturated rings. The van der Waals surface area contributed by atoms with Gasteiger partial charge < -0.3 is 4.90 Å². The predicted molar refractivity (Wildman–Crippen MR) is 98.4 cm³/mol. The zero-order valence-corrected chi connectivity index (χ0v) is 15.1. The largest absolute Gasteiger partial charge is 0.346 e. The van der Waals surface area contributed by atoms with Gasteiger partial charge in [-0.15, -0.1) is 22.7 Å². The maximum atomic E-state index is 4.42. The summed E-state index contributed by atoms with van der Waals surface area (Å²) in [6.07, 6.45) is 4.65. The lowest BCUT2D eigenvalue weighted by Gasteiger charge is -2.34. The van der Waals surface area contributed by atoms with E-state index in [4.69, 9.17) is 0 Å². The van der Waals surface area contributed by atoms with Gasteiger partial charge in [0.25, 0.3) is 0 Å². The van der Waals surface area contributed by atoms with Gasteiger partial charge in [0, 0.05) is 55.7 Å². The van der Waals surface area contributed by atoms with Crippen molar-refractivity contribution >= 4 is 27.8 Å². The third-order valence-corrected chi connectivity index (χ3v) is 6.56. The summed E-state index contributed by atoms with van der Waals surface area (Å²) in [5.74, 6) is 0. The van der Waals surface area contributed by atoms with Gasteiger partial charge in [0.1, 0.15) is 0 Å². The summed E-state index contributed by atoms with van der Waals surface area (Å²) in [5.41, 5.74) is 1.51. The van der Waals surface area contributed by atoms with E-state index < -0.39 is 0 Å². The molecule has 4 rings (SSSR count). The highest BCUT2D eigenvalue weighted by Crippen LogP contribution is 2.22. The van der Waals surface area contributed by atoms with Crippen molar-refractivity contribution in [2.75, 3.05) is 44.2 Å². The number of thiazole rings is 1. The van der Waals surface area contributed by atoms with Crippen molar-refractivity contribution in [2.24, 2.45) is 0 Å². The van der Waals surface area contributed by atoms with E-state index in [2.05, 4.69) is 36.5 Å². The molecule has 0 unspecified atom stereocenters. The summed E-state index contributed by atoms with van der Waals surface area (Å²) in [4.78, 5) is 13.5. The molecule has 2 aromatic heterocycles. The SMILES string of the molecule is c1csc(N2CCN(Cc3cc(CN4CCCC4)cs3)CC2)n1. The lowest BCUT2D eigenvalue weighted by atomic mass is 10.2. The van der Waals surface area contributed by atoms with E-state index >= 15 is 0 Å². The smallest absolute Gasteiger partial charge is 0.185 e. The normalized spacial score (nSPS) is 20.4. The Morgan fingerprint density at radius 1 is 0.913 bits per heavy atom. The van der Waals surface area contributed by atoms with Gasteiger partial charge in [0.2, 0.25) is 0 Å². The third kappa shape index (κ3) is 3.94. The second kappa shape index (κ2) is 7.30. The Hall–Kier alpha value is -0.950. The quantitative estimate of drug-likeness (QED) is 0.828. The van der Waals surface area contributed by atoms with Crippen LogP contribution >= 0.6 is 22.7 Å². The standard InChI is InChI=1S/C17H24N4S2/c1-2-5-19(4-1)12-15-11-16(23-14-15)13-20-6-8-21(9-7-20)17-18-3-10-22-17/h3,10-11,14H,1-2,4-9,12-13H2. The molecular formula is C17H24N4S2. The third-order valence-electron chi connectivity index (χ3n) is 4.75.